The largest absolute Gasteiger partial charge is 0.463 e. The van der Waals surface area contributed by atoms with Crippen molar-refractivity contribution in [2.75, 3.05) is 0 Å². The minimum absolute atomic E-state index is 0.0183. The van der Waals surface area contributed by atoms with E-state index < -0.39 is 0 Å². The Bertz CT molecular complexity index is 583. The molecular weight excluding hydrogens is 284 g/mol. The third kappa shape index (κ3) is 2.64. The molecule has 0 saturated heterocycles. The first-order valence-electron chi connectivity index (χ1n) is 5.27. The van der Waals surface area contributed by atoms with Gasteiger partial charge in [0.25, 0.3) is 0 Å². The number of fused-ring (bicyclic) bond motifs is 1. The summed E-state index contributed by atoms with van der Waals surface area (Å²) in [5, 5.41) is 0.874. The molecule has 1 aromatic carbocycles. The quantitative estimate of drug-likeness (QED) is 0.807. The van der Waals surface area contributed by atoms with Gasteiger partial charge >= 0.3 is 0 Å². The third-order valence-electron chi connectivity index (χ3n) is 2.55. The van der Waals surface area contributed by atoms with Gasteiger partial charge in [-0.2, -0.15) is 0 Å². The molecule has 2 aromatic rings. The molecule has 0 amide bonds. The Balaban J connectivity index is 2.26. The zero-order valence-corrected chi connectivity index (χ0v) is 10.9. The standard InChI is InChI=1S/C13H11BrO3/c1-8(15)2-4-12(16)9-3-5-13-10(6-9)11(14)7-17-13/h3,5-7H,2,4H2,1H3. The highest BCUT2D eigenvalue weighted by molar-refractivity contribution is 9.10. The van der Waals surface area contributed by atoms with E-state index in [0.29, 0.717) is 12.0 Å². The number of furan rings is 1. The van der Waals surface area contributed by atoms with E-state index in [1.165, 1.54) is 6.92 Å². The molecule has 88 valence electrons. The van der Waals surface area contributed by atoms with E-state index in [0.717, 1.165) is 15.4 Å². The Labute approximate surface area is 107 Å². The number of halogens is 1. The van der Waals surface area contributed by atoms with Gasteiger partial charge in [-0.05, 0) is 41.1 Å². The molecule has 0 aliphatic heterocycles. The maximum absolute atomic E-state index is 11.8. The van der Waals surface area contributed by atoms with Crippen molar-refractivity contribution in [3.63, 3.8) is 0 Å². The Morgan fingerprint density at radius 1 is 1.29 bits per heavy atom. The zero-order valence-electron chi connectivity index (χ0n) is 9.33. The fourth-order valence-electron chi connectivity index (χ4n) is 1.61. The lowest BCUT2D eigenvalue weighted by Gasteiger charge is -1.99. The highest BCUT2D eigenvalue weighted by Gasteiger charge is 2.10. The molecule has 4 heteroatoms. The summed E-state index contributed by atoms with van der Waals surface area (Å²) < 4.78 is 6.10. The van der Waals surface area contributed by atoms with E-state index in [1.54, 1.807) is 24.5 Å². The number of carbonyl (C=O) groups is 2. The molecule has 3 nitrogen and oxygen atoms in total. The second-order valence-corrected chi connectivity index (χ2v) is 4.77. The van der Waals surface area contributed by atoms with Crippen molar-refractivity contribution in [1.82, 2.24) is 0 Å². The lowest BCUT2D eigenvalue weighted by molar-refractivity contribution is -0.116. The molecule has 1 aromatic heterocycles. The van der Waals surface area contributed by atoms with Crippen LogP contribution in [-0.2, 0) is 4.79 Å². The van der Waals surface area contributed by atoms with E-state index in [4.69, 9.17) is 4.42 Å². The number of hydrogen-bond acceptors (Lipinski definition) is 3. The summed E-state index contributed by atoms with van der Waals surface area (Å²) in [6, 6.07) is 5.27. The van der Waals surface area contributed by atoms with Crippen molar-refractivity contribution in [3.05, 3.63) is 34.5 Å². The van der Waals surface area contributed by atoms with Gasteiger partial charge in [0.2, 0.25) is 0 Å². The summed E-state index contributed by atoms with van der Waals surface area (Å²) in [5.41, 5.74) is 1.35. The molecule has 2 rings (SSSR count). The van der Waals surface area contributed by atoms with E-state index in [1.807, 2.05) is 0 Å². The van der Waals surface area contributed by atoms with Gasteiger partial charge in [0.1, 0.15) is 17.6 Å². The molecule has 0 N–H and O–H groups in total. The zero-order chi connectivity index (χ0) is 12.4. The average molecular weight is 295 g/mol. The lowest BCUT2D eigenvalue weighted by atomic mass is 10.0. The minimum Gasteiger partial charge on any atom is -0.463 e. The van der Waals surface area contributed by atoms with Crippen molar-refractivity contribution >= 4 is 38.5 Å². The first-order valence-corrected chi connectivity index (χ1v) is 6.06. The predicted octanol–water partition coefficient (Wildman–Crippen LogP) is 3.75. The molecule has 1 heterocycles. The van der Waals surface area contributed by atoms with Crippen LogP contribution in [0.5, 0.6) is 0 Å². The molecule has 0 saturated carbocycles. The van der Waals surface area contributed by atoms with Crippen LogP contribution in [-0.4, -0.2) is 11.6 Å². The minimum atomic E-state index is -0.0183. The molecule has 0 atom stereocenters. The smallest absolute Gasteiger partial charge is 0.163 e. The number of carbonyl (C=O) groups excluding carboxylic acids is 2. The molecule has 0 unspecified atom stereocenters. The van der Waals surface area contributed by atoms with Gasteiger partial charge < -0.3 is 9.21 Å². The topological polar surface area (TPSA) is 47.3 Å². The van der Waals surface area contributed by atoms with Crippen molar-refractivity contribution < 1.29 is 14.0 Å². The SMILES string of the molecule is CC(=O)CCC(=O)c1ccc2occ(Br)c2c1. The highest BCUT2D eigenvalue weighted by atomic mass is 79.9. The van der Waals surface area contributed by atoms with Crippen LogP contribution in [0.4, 0.5) is 0 Å². The van der Waals surface area contributed by atoms with Crippen molar-refractivity contribution in [2.45, 2.75) is 19.8 Å². The highest BCUT2D eigenvalue weighted by Crippen LogP contribution is 2.27. The van der Waals surface area contributed by atoms with Crippen LogP contribution in [0.1, 0.15) is 30.1 Å². The van der Waals surface area contributed by atoms with Gasteiger partial charge in [-0.25, -0.2) is 0 Å². The molecular formula is C13H11BrO3. The van der Waals surface area contributed by atoms with Crippen molar-refractivity contribution in [3.8, 4) is 0 Å². The molecule has 17 heavy (non-hydrogen) atoms. The summed E-state index contributed by atoms with van der Waals surface area (Å²) in [7, 11) is 0. The van der Waals surface area contributed by atoms with Crippen LogP contribution in [0, 0.1) is 0 Å². The summed E-state index contributed by atoms with van der Waals surface area (Å²) in [5.74, 6) is 0.0131. The Morgan fingerprint density at radius 2 is 2.06 bits per heavy atom. The summed E-state index contributed by atoms with van der Waals surface area (Å²) in [6.45, 7) is 1.49. The second-order valence-electron chi connectivity index (χ2n) is 3.92. The van der Waals surface area contributed by atoms with Crippen LogP contribution in [0.15, 0.2) is 33.4 Å². The predicted molar refractivity (Wildman–Crippen MR) is 68.2 cm³/mol. The fourth-order valence-corrected chi connectivity index (χ4v) is 2.01. The average Bonchev–Trinajstić information content (AvgIpc) is 2.67. The maximum Gasteiger partial charge on any atom is 0.163 e. The second kappa shape index (κ2) is 4.84. The van der Waals surface area contributed by atoms with Crippen LogP contribution >= 0.6 is 15.9 Å². The molecule has 0 spiro atoms. The van der Waals surface area contributed by atoms with Crippen LogP contribution < -0.4 is 0 Å². The Morgan fingerprint density at radius 3 is 2.76 bits per heavy atom. The van der Waals surface area contributed by atoms with Crippen molar-refractivity contribution in [2.24, 2.45) is 0 Å². The number of ketones is 2. The molecule has 0 aliphatic rings. The van der Waals surface area contributed by atoms with Crippen LogP contribution in [0.2, 0.25) is 0 Å². The number of benzene rings is 1. The first kappa shape index (κ1) is 12.0. The third-order valence-corrected chi connectivity index (χ3v) is 3.17. The van der Waals surface area contributed by atoms with Gasteiger partial charge in [0.05, 0.1) is 4.47 Å². The van der Waals surface area contributed by atoms with Gasteiger partial charge in [0.15, 0.2) is 5.78 Å². The van der Waals surface area contributed by atoms with Gasteiger partial charge in [-0.15, -0.1) is 0 Å². The molecule has 0 bridgehead atoms. The molecule has 0 radical (unpaired) electrons. The fraction of sp³-hybridized carbons (Fsp3) is 0.231. The van der Waals surface area contributed by atoms with E-state index in [2.05, 4.69) is 15.9 Å². The first-order chi connectivity index (χ1) is 8.08. The normalized spacial score (nSPS) is 10.7. The monoisotopic (exact) mass is 294 g/mol. The number of rotatable bonds is 4. The van der Waals surface area contributed by atoms with Crippen LogP contribution in [0.25, 0.3) is 11.0 Å². The van der Waals surface area contributed by atoms with E-state index in [9.17, 15) is 9.59 Å². The Kier molecular flexibility index (Phi) is 3.43. The summed E-state index contributed by atoms with van der Waals surface area (Å²) >= 11 is 3.35. The Hall–Kier alpha value is -1.42. The molecule has 0 fully saturated rings. The number of Topliss-reactive ketones (excluding diaryl/α,β-unsaturated/α-hetero) is 2. The van der Waals surface area contributed by atoms with Crippen molar-refractivity contribution in [1.29, 1.82) is 0 Å². The van der Waals surface area contributed by atoms with E-state index in [-0.39, 0.29) is 18.0 Å². The maximum atomic E-state index is 11.8. The summed E-state index contributed by atoms with van der Waals surface area (Å²) in [4.78, 5) is 22.7. The van der Waals surface area contributed by atoms with E-state index >= 15 is 0 Å². The van der Waals surface area contributed by atoms with Gasteiger partial charge in [-0.3, -0.25) is 4.79 Å². The van der Waals surface area contributed by atoms with Crippen LogP contribution in [0.3, 0.4) is 0 Å². The van der Waals surface area contributed by atoms with Gasteiger partial charge in [-0.1, -0.05) is 0 Å². The lowest BCUT2D eigenvalue weighted by Crippen LogP contribution is -2.01. The molecule has 0 aliphatic carbocycles. The summed E-state index contributed by atoms with van der Waals surface area (Å²) in [6.07, 6.45) is 2.15. The number of hydrogen-bond donors (Lipinski definition) is 0. The van der Waals surface area contributed by atoms with Gasteiger partial charge in [0, 0.05) is 23.8 Å².